The van der Waals surface area contributed by atoms with Crippen LogP contribution >= 0.6 is 0 Å². The summed E-state index contributed by atoms with van der Waals surface area (Å²) in [5, 5.41) is 5.77. The Kier molecular flexibility index (Phi) is 5.96. The van der Waals surface area contributed by atoms with Crippen LogP contribution in [0, 0.1) is 5.92 Å². The Labute approximate surface area is 158 Å². The molecule has 0 heterocycles. The van der Waals surface area contributed by atoms with Gasteiger partial charge in [0.15, 0.2) is 0 Å². The molecule has 0 aliphatic heterocycles. The maximum Gasteiger partial charge on any atom is 0.255 e. The minimum Gasteiger partial charge on any atom is -0.494 e. The van der Waals surface area contributed by atoms with E-state index in [1.54, 1.807) is 36.4 Å². The molecule has 1 aliphatic carbocycles. The minimum absolute atomic E-state index is 0.00563. The van der Waals surface area contributed by atoms with Crippen molar-refractivity contribution in [2.24, 2.45) is 5.92 Å². The largest absolute Gasteiger partial charge is 0.494 e. The third-order valence-corrected chi connectivity index (χ3v) is 4.79. The molecule has 1 saturated carbocycles. The number of carbonyl (C=O) groups excluding carboxylic acids is 2. The molecule has 142 valence electrons. The molecule has 2 aromatic rings. The van der Waals surface area contributed by atoms with Crippen molar-refractivity contribution in [2.75, 3.05) is 24.9 Å². The monoisotopic (exact) mass is 368 g/mol. The Hall–Kier alpha value is -3.02. The molecule has 1 aliphatic rings. The number of ether oxygens (including phenoxy) is 2. The summed E-state index contributed by atoms with van der Waals surface area (Å²) in [5.74, 6) is 0.693. The van der Waals surface area contributed by atoms with Gasteiger partial charge in [-0.25, -0.2) is 0 Å². The highest BCUT2D eigenvalue weighted by molar-refractivity contribution is 6.05. The fourth-order valence-corrected chi connectivity index (χ4v) is 3.30. The number of anilines is 2. The van der Waals surface area contributed by atoms with E-state index in [9.17, 15) is 9.59 Å². The maximum absolute atomic E-state index is 12.5. The van der Waals surface area contributed by atoms with E-state index < -0.39 is 0 Å². The molecule has 0 radical (unpaired) electrons. The number of methoxy groups -OCH3 is 2. The van der Waals surface area contributed by atoms with Crippen LogP contribution < -0.4 is 20.1 Å². The zero-order valence-electron chi connectivity index (χ0n) is 15.6. The summed E-state index contributed by atoms with van der Waals surface area (Å²) in [7, 11) is 3.04. The summed E-state index contributed by atoms with van der Waals surface area (Å²) in [5.41, 5.74) is 1.54. The standard InChI is InChI=1S/C21H24N2O4/c1-26-18-13-17(23-21(25)15-10-6-7-11-15)19(27-2)12-16(18)22-20(24)14-8-4-3-5-9-14/h3-5,8-9,12-13,15H,6-7,10-11H2,1-2H3,(H,22,24)(H,23,25). The molecule has 0 aromatic heterocycles. The zero-order valence-corrected chi connectivity index (χ0v) is 15.6. The van der Waals surface area contributed by atoms with Crippen LogP contribution in [0.25, 0.3) is 0 Å². The molecule has 27 heavy (non-hydrogen) atoms. The van der Waals surface area contributed by atoms with Gasteiger partial charge in [-0.1, -0.05) is 31.0 Å². The summed E-state index contributed by atoms with van der Waals surface area (Å²) in [4.78, 5) is 24.9. The van der Waals surface area contributed by atoms with Crippen LogP contribution in [0.15, 0.2) is 42.5 Å². The number of benzene rings is 2. The van der Waals surface area contributed by atoms with Crippen LogP contribution in [-0.2, 0) is 4.79 Å². The highest BCUT2D eigenvalue weighted by atomic mass is 16.5. The summed E-state index contributed by atoms with van der Waals surface area (Å²) in [6.45, 7) is 0. The van der Waals surface area contributed by atoms with Crippen molar-refractivity contribution in [1.29, 1.82) is 0 Å². The molecule has 0 bridgehead atoms. The Morgan fingerprint density at radius 3 is 2.00 bits per heavy atom. The van der Waals surface area contributed by atoms with Crippen molar-refractivity contribution in [3.8, 4) is 11.5 Å². The SMILES string of the molecule is COc1cc(NC(=O)C2CCCC2)c(OC)cc1NC(=O)c1ccccc1. The number of hydrogen-bond acceptors (Lipinski definition) is 4. The number of carbonyl (C=O) groups is 2. The van der Waals surface area contributed by atoms with Crippen LogP contribution in [0.3, 0.4) is 0 Å². The molecule has 0 saturated heterocycles. The lowest BCUT2D eigenvalue weighted by Gasteiger charge is -2.17. The maximum atomic E-state index is 12.5. The molecule has 2 amide bonds. The van der Waals surface area contributed by atoms with Crippen LogP contribution in [0.1, 0.15) is 36.0 Å². The lowest BCUT2D eigenvalue weighted by atomic mass is 10.1. The average molecular weight is 368 g/mol. The van der Waals surface area contributed by atoms with Gasteiger partial charge < -0.3 is 20.1 Å². The molecule has 2 N–H and O–H groups in total. The molecule has 6 nitrogen and oxygen atoms in total. The third kappa shape index (κ3) is 4.39. The first-order valence-electron chi connectivity index (χ1n) is 9.05. The number of hydrogen-bond donors (Lipinski definition) is 2. The van der Waals surface area contributed by atoms with E-state index in [2.05, 4.69) is 10.6 Å². The van der Waals surface area contributed by atoms with E-state index in [-0.39, 0.29) is 17.7 Å². The highest BCUT2D eigenvalue weighted by Crippen LogP contribution is 2.37. The van der Waals surface area contributed by atoms with Gasteiger partial charge in [0.1, 0.15) is 11.5 Å². The summed E-state index contributed by atoms with van der Waals surface area (Å²) >= 11 is 0. The Bertz CT molecular complexity index is 814. The first-order valence-corrected chi connectivity index (χ1v) is 9.05. The lowest BCUT2D eigenvalue weighted by molar-refractivity contribution is -0.119. The molecule has 1 fully saturated rings. The number of rotatable bonds is 6. The molecule has 2 aromatic carbocycles. The second-order valence-electron chi connectivity index (χ2n) is 6.54. The Morgan fingerprint density at radius 2 is 1.44 bits per heavy atom. The van der Waals surface area contributed by atoms with Gasteiger partial charge in [0.05, 0.1) is 25.6 Å². The molecule has 0 unspecified atom stereocenters. The van der Waals surface area contributed by atoms with Crippen molar-refractivity contribution >= 4 is 23.2 Å². The summed E-state index contributed by atoms with van der Waals surface area (Å²) in [6, 6.07) is 12.2. The Morgan fingerprint density at radius 1 is 0.889 bits per heavy atom. The topological polar surface area (TPSA) is 76.7 Å². The van der Waals surface area contributed by atoms with Crippen molar-refractivity contribution < 1.29 is 19.1 Å². The summed E-state index contributed by atoms with van der Waals surface area (Å²) in [6.07, 6.45) is 4.00. The van der Waals surface area contributed by atoms with Crippen LogP contribution in [-0.4, -0.2) is 26.0 Å². The normalized spacial score (nSPS) is 13.9. The van der Waals surface area contributed by atoms with Gasteiger partial charge in [-0.15, -0.1) is 0 Å². The molecule has 0 atom stereocenters. The average Bonchev–Trinajstić information content (AvgIpc) is 3.24. The molecule has 3 rings (SSSR count). The van der Waals surface area contributed by atoms with Crippen LogP contribution in [0.4, 0.5) is 11.4 Å². The van der Waals surface area contributed by atoms with Crippen molar-refractivity contribution in [3.05, 3.63) is 48.0 Å². The lowest BCUT2D eigenvalue weighted by Crippen LogP contribution is -2.21. The predicted molar refractivity (Wildman–Crippen MR) is 105 cm³/mol. The predicted octanol–water partition coefficient (Wildman–Crippen LogP) is 4.08. The van der Waals surface area contributed by atoms with E-state index in [0.29, 0.717) is 28.4 Å². The number of amides is 2. The van der Waals surface area contributed by atoms with Gasteiger partial charge in [0.2, 0.25) is 5.91 Å². The highest BCUT2D eigenvalue weighted by Gasteiger charge is 2.24. The van der Waals surface area contributed by atoms with Crippen molar-refractivity contribution in [2.45, 2.75) is 25.7 Å². The molecule has 6 heteroatoms. The van der Waals surface area contributed by atoms with E-state index in [1.807, 2.05) is 6.07 Å². The smallest absolute Gasteiger partial charge is 0.255 e. The zero-order chi connectivity index (χ0) is 19.2. The third-order valence-electron chi connectivity index (χ3n) is 4.79. The molecular formula is C21H24N2O4. The second-order valence-corrected chi connectivity index (χ2v) is 6.54. The van der Waals surface area contributed by atoms with Crippen LogP contribution in [0.5, 0.6) is 11.5 Å². The fourth-order valence-electron chi connectivity index (χ4n) is 3.30. The first-order chi connectivity index (χ1) is 13.1. The molecular weight excluding hydrogens is 344 g/mol. The first kappa shape index (κ1) is 18.8. The van der Waals surface area contributed by atoms with Crippen molar-refractivity contribution in [1.82, 2.24) is 0 Å². The van der Waals surface area contributed by atoms with Gasteiger partial charge in [-0.05, 0) is 25.0 Å². The van der Waals surface area contributed by atoms with Gasteiger partial charge in [0.25, 0.3) is 5.91 Å². The quantitative estimate of drug-likeness (QED) is 0.805. The Balaban J connectivity index is 1.83. The minimum atomic E-state index is -0.251. The van der Waals surface area contributed by atoms with Crippen LogP contribution in [0.2, 0.25) is 0 Å². The van der Waals surface area contributed by atoms with Gasteiger partial charge in [0, 0.05) is 23.6 Å². The number of nitrogens with one attached hydrogen (secondary N) is 2. The summed E-state index contributed by atoms with van der Waals surface area (Å²) < 4.78 is 10.8. The fraction of sp³-hybridized carbons (Fsp3) is 0.333. The van der Waals surface area contributed by atoms with E-state index in [1.165, 1.54) is 14.2 Å². The van der Waals surface area contributed by atoms with E-state index in [4.69, 9.17) is 9.47 Å². The van der Waals surface area contributed by atoms with Gasteiger partial charge in [-0.2, -0.15) is 0 Å². The second kappa shape index (κ2) is 8.58. The molecule has 0 spiro atoms. The van der Waals surface area contributed by atoms with Crippen molar-refractivity contribution in [3.63, 3.8) is 0 Å². The van der Waals surface area contributed by atoms with E-state index >= 15 is 0 Å². The van der Waals surface area contributed by atoms with E-state index in [0.717, 1.165) is 25.7 Å². The van der Waals surface area contributed by atoms with Gasteiger partial charge in [-0.3, -0.25) is 9.59 Å². The van der Waals surface area contributed by atoms with Gasteiger partial charge >= 0.3 is 0 Å².